The molecule has 1 unspecified atom stereocenters. The molecule has 2 aromatic carbocycles. The van der Waals surface area contributed by atoms with Crippen LogP contribution in [0.25, 0.3) is 10.9 Å². The summed E-state index contributed by atoms with van der Waals surface area (Å²) in [5.41, 5.74) is -0.0513. The van der Waals surface area contributed by atoms with Gasteiger partial charge in [-0.05, 0) is 48.9 Å². The predicted molar refractivity (Wildman–Crippen MR) is 119 cm³/mol. The van der Waals surface area contributed by atoms with Crippen LogP contribution in [0.5, 0.6) is 11.8 Å². The van der Waals surface area contributed by atoms with E-state index in [4.69, 9.17) is 9.15 Å². The number of carbonyl (C=O) groups is 1. The Hall–Kier alpha value is -4.06. The van der Waals surface area contributed by atoms with Crippen LogP contribution < -0.4 is 14.8 Å². The highest BCUT2D eigenvalue weighted by Gasteiger charge is 2.20. The summed E-state index contributed by atoms with van der Waals surface area (Å²) in [5.74, 6) is -2.49. The van der Waals surface area contributed by atoms with Crippen molar-refractivity contribution in [2.75, 3.05) is 11.0 Å². The molecule has 176 valence electrons. The molecule has 4 aromatic rings. The Morgan fingerprint density at radius 2 is 1.88 bits per heavy atom. The summed E-state index contributed by atoms with van der Waals surface area (Å²) in [7, 11) is -3.88. The first-order valence-electron chi connectivity index (χ1n) is 9.85. The van der Waals surface area contributed by atoms with Gasteiger partial charge in [-0.3, -0.25) is 14.5 Å². The van der Waals surface area contributed by atoms with E-state index in [-0.39, 0.29) is 17.3 Å². The van der Waals surface area contributed by atoms with Gasteiger partial charge in [-0.15, -0.1) is 0 Å². The maximum absolute atomic E-state index is 14.2. The summed E-state index contributed by atoms with van der Waals surface area (Å²) < 4.78 is 63.6. The fourth-order valence-corrected chi connectivity index (χ4v) is 3.67. The minimum absolute atomic E-state index is 0.0761. The summed E-state index contributed by atoms with van der Waals surface area (Å²) >= 11 is 0. The molecule has 2 N–H and O–H groups in total. The lowest BCUT2D eigenvalue weighted by atomic mass is 10.1. The van der Waals surface area contributed by atoms with Crippen LogP contribution in [0.15, 0.2) is 59.3 Å². The smallest absolute Gasteiger partial charge is 0.399 e. The van der Waals surface area contributed by atoms with Crippen molar-refractivity contribution >= 4 is 32.5 Å². The largest absolute Gasteiger partial charge is 0.416 e. The predicted octanol–water partition coefficient (Wildman–Crippen LogP) is 4.16. The van der Waals surface area contributed by atoms with Crippen molar-refractivity contribution in [2.24, 2.45) is 0 Å². The van der Waals surface area contributed by atoms with Crippen molar-refractivity contribution in [1.82, 2.24) is 15.3 Å². The van der Waals surface area contributed by atoms with Gasteiger partial charge in [-0.1, -0.05) is 6.07 Å². The standard InChI is InChI=1S/C22H18F2N4O5S/c1-12(14-9-16(23)20(17(24)10-14)28-34(2,30)31)26-21(29)19-11-32-22(27-19)33-15-5-6-18-13(8-15)4-3-7-25-18/h3-12,28H,1-2H3,(H,26,29). The van der Waals surface area contributed by atoms with Gasteiger partial charge in [0.05, 0.1) is 17.8 Å². The second kappa shape index (κ2) is 9.06. The number of nitrogens with one attached hydrogen (secondary N) is 2. The van der Waals surface area contributed by atoms with E-state index in [1.807, 2.05) is 6.07 Å². The number of nitrogens with zero attached hydrogens (tertiary/aromatic N) is 2. The molecule has 4 rings (SSSR count). The Morgan fingerprint density at radius 1 is 1.15 bits per heavy atom. The summed E-state index contributed by atoms with van der Waals surface area (Å²) in [6.07, 6.45) is 3.36. The molecule has 0 saturated carbocycles. The molecule has 0 fully saturated rings. The van der Waals surface area contributed by atoms with Crippen molar-refractivity contribution in [1.29, 1.82) is 0 Å². The number of fused-ring (bicyclic) bond motifs is 1. The van der Waals surface area contributed by atoms with Crippen LogP contribution in [0.3, 0.4) is 0 Å². The Morgan fingerprint density at radius 3 is 2.59 bits per heavy atom. The molecule has 0 aliphatic carbocycles. The number of pyridine rings is 1. The lowest BCUT2D eigenvalue weighted by molar-refractivity contribution is 0.0934. The van der Waals surface area contributed by atoms with Crippen LogP contribution in [-0.2, 0) is 10.0 Å². The number of rotatable bonds is 7. The second-order valence-electron chi connectivity index (χ2n) is 7.39. The van der Waals surface area contributed by atoms with E-state index in [1.165, 1.54) is 6.92 Å². The normalized spacial score (nSPS) is 12.4. The minimum atomic E-state index is -3.88. The van der Waals surface area contributed by atoms with Crippen LogP contribution in [0, 0.1) is 11.6 Å². The first-order valence-corrected chi connectivity index (χ1v) is 11.7. The molecule has 0 spiro atoms. The number of anilines is 1. The summed E-state index contributed by atoms with van der Waals surface area (Å²) in [5, 5.41) is 3.38. The highest BCUT2D eigenvalue weighted by atomic mass is 32.2. The Labute approximate surface area is 192 Å². The fourth-order valence-electron chi connectivity index (χ4n) is 3.11. The maximum Gasteiger partial charge on any atom is 0.399 e. The third-order valence-electron chi connectivity index (χ3n) is 4.69. The Kier molecular flexibility index (Phi) is 6.16. The van der Waals surface area contributed by atoms with Crippen LogP contribution in [0.1, 0.15) is 29.0 Å². The zero-order valence-electron chi connectivity index (χ0n) is 17.9. The van der Waals surface area contributed by atoms with Crippen LogP contribution in [0.4, 0.5) is 14.5 Å². The molecule has 12 heteroatoms. The molecular weight excluding hydrogens is 470 g/mol. The molecular formula is C22H18F2N4O5S. The number of aromatic nitrogens is 2. The number of hydrogen-bond acceptors (Lipinski definition) is 7. The lowest BCUT2D eigenvalue weighted by Gasteiger charge is -2.15. The van der Waals surface area contributed by atoms with E-state index in [2.05, 4.69) is 15.3 Å². The first kappa shape index (κ1) is 23.1. The molecule has 0 bridgehead atoms. The second-order valence-corrected chi connectivity index (χ2v) is 9.14. The highest BCUT2D eigenvalue weighted by molar-refractivity contribution is 7.92. The average molecular weight is 488 g/mol. The van der Waals surface area contributed by atoms with Gasteiger partial charge in [0, 0.05) is 11.6 Å². The van der Waals surface area contributed by atoms with Gasteiger partial charge in [0.25, 0.3) is 5.91 Å². The van der Waals surface area contributed by atoms with E-state index < -0.39 is 39.3 Å². The van der Waals surface area contributed by atoms with Crippen molar-refractivity contribution in [3.8, 4) is 11.8 Å². The topological polar surface area (TPSA) is 123 Å². The molecule has 0 aliphatic rings. The first-order chi connectivity index (χ1) is 16.1. The Balaban J connectivity index is 1.45. The van der Waals surface area contributed by atoms with Crippen LogP contribution >= 0.6 is 0 Å². The number of sulfonamides is 1. The summed E-state index contributed by atoms with van der Waals surface area (Å²) in [4.78, 5) is 20.7. The minimum Gasteiger partial charge on any atom is -0.416 e. The molecule has 1 atom stereocenters. The highest BCUT2D eigenvalue weighted by Crippen LogP contribution is 2.26. The molecule has 0 aliphatic heterocycles. The molecule has 2 heterocycles. The van der Waals surface area contributed by atoms with Gasteiger partial charge in [0.15, 0.2) is 17.3 Å². The third kappa shape index (κ3) is 5.29. The zero-order chi connectivity index (χ0) is 24.5. The quantitative estimate of drug-likeness (QED) is 0.400. The SMILES string of the molecule is CC(NC(=O)c1coc(Oc2ccc3ncccc3c2)n1)c1cc(F)c(NS(C)(=O)=O)c(F)c1. The van der Waals surface area contributed by atoms with Gasteiger partial charge in [0.2, 0.25) is 10.0 Å². The van der Waals surface area contributed by atoms with E-state index in [9.17, 15) is 22.0 Å². The van der Waals surface area contributed by atoms with Crippen LogP contribution in [-0.4, -0.2) is 30.5 Å². The Bertz CT molecular complexity index is 1470. The van der Waals surface area contributed by atoms with E-state index >= 15 is 0 Å². The third-order valence-corrected chi connectivity index (χ3v) is 5.27. The number of halogens is 2. The van der Waals surface area contributed by atoms with Gasteiger partial charge in [-0.2, -0.15) is 4.98 Å². The van der Waals surface area contributed by atoms with E-state index in [1.54, 1.807) is 35.2 Å². The van der Waals surface area contributed by atoms with E-state index in [0.717, 1.165) is 35.6 Å². The van der Waals surface area contributed by atoms with Gasteiger partial charge in [-0.25, -0.2) is 17.2 Å². The summed E-state index contributed by atoms with van der Waals surface area (Å²) in [6.45, 7) is 1.50. The molecule has 2 aromatic heterocycles. The molecule has 9 nitrogen and oxygen atoms in total. The average Bonchev–Trinajstić information content (AvgIpc) is 3.24. The number of carbonyl (C=O) groups excluding carboxylic acids is 1. The molecule has 34 heavy (non-hydrogen) atoms. The number of ether oxygens (including phenoxy) is 1. The maximum atomic E-state index is 14.2. The van der Waals surface area contributed by atoms with E-state index in [0.29, 0.717) is 5.75 Å². The lowest BCUT2D eigenvalue weighted by Crippen LogP contribution is -2.27. The van der Waals surface area contributed by atoms with Gasteiger partial charge in [0.1, 0.15) is 17.7 Å². The van der Waals surface area contributed by atoms with Crippen molar-refractivity contribution in [2.45, 2.75) is 13.0 Å². The van der Waals surface area contributed by atoms with Crippen molar-refractivity contribution in [3.05, 3.63) is 77.8 Å². The van der Waals surface area contributed by atoms with Gasteiger partial charge < -0.3 is 14.5 Å². The number of benzene rings is 2. The number of oxazole rings is 1. The van der Waals surface area contributed by atoms with Crippen molar-refractivity contribution in [3.63, 3.8) is 0 Å². The molecule has 1 amide bonds. The zero-order valence-corrected chi connectivity index (χ0v) is 18.7. The van der Waals surface area contributed by atoms with Crippen LogP contribution in [0.2, 0.25) is 0 Å². The van der Waals surface area contributed by atoms with Gasteiger partial charge >= 0.3 is 6.08 Å². The number of hydrogen-bond donors (Lipinski definition) is 2. The molecule has 0 saturated heterocycles. The number of amides is 1. The van der Waals surface area contributed by atoms with Crippen molar-refractivity contribution < 1.29 is 31.1 Å². The monoisotopic (exact) mass is 488 g/mol. The molecule has 0 radical (unpaired) electrons. The fraction of sp³-hybridized carbons (Fsp3) is 0.136. The summed E-state index contributed by atoms with van der Waals surface area (Å²) in [6, 6.07) is 9.83.